The van der Waals surface area contributed by atoms with Gasteiger partial charge in [0.05, 0.1) is 0 Å². The summed E-state index contributed by atoms with van der Waals surface area (Å²) in [5.74, 6) is 0.565. The Bertz CT molecular complexity index is 959. The van der Waals surface area contributed by atoms with Gasteiger partial charge in [0.2, 0.25) is 0 Å². The summed E-state index contributed by atoms with van der Waals surface area (Å²) in [5, 5.41) is 6.97. The van der Waals surface area contributed by atoms with Crippen molar-refractivity contribution >= 4 is 23.5 Å². The second kappa shape index (κ2) is 16.4. The Balaban J connectivity index is 1.10. The van der Waals surface area contributed by atoms with Crippen molar-refractivity contribution in [1.29, 1.82) is 0 Å². The zero-order valence-electron chi connectivity index (χ0n) is 20.9. The fraction of sp³-hybridized carbons (Fsp3) is 0.577. The Labute approximate surface area is 217 Å². The van der Waals surface area contributed by atoms with Crippen LogP contribution in [0.4, 0.5) is 5.82 Å². The van der Waals surface area contributed by atoms with Crippen LogP contribution < -0.4 is 22.1 Å². The van der Waals surface area contributed by atoms with E-state index in [1.165, 1.54) is 41.2 Å². The first kappa shape index (κ1) is 28.2. The van der Waals surface area contributed by atoms with E-state index in [0.717, 1.165) is 45.4 Å². The number of ether oxygens (including phenoxy) is 2. The molecule has 0 spiro atoms. The van der Waals surface area contributed by atoms with Gasteiger partial charge in [-0.05, 0) is 56.9 Å². The van der Waals surface area contributed by atoms with Crippen LogP contribution in [0.15, 0.2) is 47.4 Å². The molecule has 2 atom stereocenters. The zero-order valence-corrected chi connectivity index (χ0v) is 21.7. The molecule has 1 aromatic carbocycles. The predicted molar refractivity (Wildman–Crippen MR) is 144 cm³/mol. The number of esters is 1. The molecule has 0 aliphatic carbocycles. The summed E-state index contributed by atoms with van der Waals surface area (Å²) in [6.07, 6.45) is 8.03. The second-order valence-corrected chi connectivity index (χ2v) is 10.1. The first-order valence-electron chi connectivity index (χ1n) is 12.8. The molecule has 1 saturated heterocycles. The SMILES string of the molecule is Nc1ccn([C@H]2CS[C@@H](COC(=O)CCCCCNCCCCCNCc3ccccc3)O2)c(=O)n1. The Morgan fingerprint density at radius 2 is 1.78 bits per heavy atom. The van der Waals surface area contributed by atoms with E-state index in [9.17, 15) is 9.59 Å². The highest BCUT2D eigenvalue weighted by atomic mass is 32.2. The highest BCUT2D eigenvalue weighted by Gasteiger charge is 2.29. The van der Waals surface area contributed by atoms with Crippen molar-refractivity contribution in [3.63, 3.8) is 0 Å². The van der Waals surface area contributed by atoms with Crippen molar-refractivity contribution in [2.24, 2.45) is 0 Å². The Morgan fingerprint density at radius 1 is 1.06 bits per heavy atom. The quantitative estimate of drug-likeness (QED) is 0.215. The lowest BCUT2D eigenvalue weighted by Crippen LogP contribution is -2.29. The number of carbonyl (C=O) groups excluding carboxylic acids is 1. The molecule has 1 aliphatic rings. The number of rotatable bonds is 17. The van der Waals surface area contributed by atoms with Crippen LogP contribution in [-0.2, 0) is 20.8 Å². The molecule has 2 aromatic rings. The molecular formula is C26H39N5O4S. The molecule has 0 amide bonds. The molecule has 0 radical (unpaired) electrons. The van der Waals surface area contributed by atoms with Crippen LogP contribution in [-0.4, -0.2) is 53.0 Å². The number of nitrogens with two attached hydrogens (primary N) is 1. The van der Waals surface area contributed by atoms with Crippen molar-refractivity contribution < 1.29 is 14.3 Å². The molecular weight excluding hydrogens is 478 g/mol. The molecule has 36 heavy (non-hydrogen) atoms. The van der Waals surface area contributed by atoms with E-state index in [4.69, 9.17) is 15.2 Å². The lowest BCUT2D eigenvalue weighted by molar-refractivity contribution is -0.147. The smallest absolute Gasteiger partial charge is 0.351 e. The monoisotopic (exact) mass is 517 g/mol. The molecule has 0 saturated carbocycles. The maximum Gasteiger partial charge on any atom is 0.351 e. The van der Waals surface area contributed by atoms with Crippen molar-refractivity contribution in [2.75, 3.05) is 37.7 Å². The number of hydrogen-bond acceptors (Lipinski definition) is 9. The summed E-state index contributed by atoms with van der Waals surface area (Å²) in [7, 11) is 0. The number of nitrogen functional groups attached to an aromatic ring is 1. The van der Waals surface area contributed by atoms with Gasteiger partial charge in [-0.2, -0.15) is 4.98 Å². The van der Waals surface area contributed by atoms with Crippen LogP contribution >= 0.6 is 11.8 Å². The second-order valence-electron chi connectivity index (χ2n) is 8.86. The van der Waals surface area contributed by atoms with Crippen LogP contribution in [0.3, 0.4) is 0 Å². The van der Waals surface area contributed by atoms with E-state index >= 15 is 0 Å². The topological polar surface area (TPSA) is 121 Å². The minimum atomic E-state index is -0.445. The van der Waals surface area contributed by atoms with E-state index in [2.05, 4.69) is 39.9 Å². The Kier molecular flexibility index (Phi) is 12.8. The van der Waals surface area contributed by atoms with Crippen LogP contribution in [0.5, 0.6) is 0 Å². The number of nitrogens with one attached hydrogen (secondary N) is 2. The minimum Gasteiger partial charge on any atom is -0.462 e. The number of aromatic nitrogens is 2. The summed E-state index contributed by atoms with van der Waals surface area (Å²) in [6, 6.07) is 12.0. The van der Waals surface area contributed by atoms with Crippen LogP contribution in [0.2, 0.25) is 0 Å². The van der Waals surface area contributed by atoms with Gasteiger partial charge < -0.3 is 25.8 Å². The van der Waals surface area contributed by atoms with Gasteiger partial charge in [-0.1, -0.05) is 43.2 Å². The minimum absolute atomic E-state index is 0.181. The normalized spacial score (nSPS) is 17.3. The average Bonchev–Trinajstić information content (AvgIpc) is 3.35. The first-order chi connectivity index (χ1) is 17.6. The van der Waals surface area contributed by atoms with Gasteiger partial charge in [0.25, 0.3) is 0 Å². The summed E-state index contributed by atoms with van der Waals surface area (Å²) in [5.41, 5.74) is 6.12. The maximum absolute atomic E-state index is 12.0. The number of thioether (sulfide) groups is 1. The summed E-state index contributed by atoms with van der Waals surface area (Å²) in [6.45, 7) is 4.19. The van der Waals surface area contributed by atoms with Gasteiger partial charge in [-0.25, -0.2) is 4.79 Å². The third kappa shape index (κ3) is 10.7. The third-order valence-corrected chi connectivity index (χ3v) is 6.99. The number of unbranched alkanes of at least 4 members (excludes halogenated alkanes) is 4. The summed E-state index contributed by atoms with van der Waals surface area (Å²) >= 11 is 1.52. The van der Waals surface area contributed by atoms with E-state index in [0.29, 0.717) is 12.2 Å². The van der Waals surface area contributed by atoms with Crippen molar-refractivity contribution in [3.05, 3.63) is 58.6 Å². The molecule has 9 nitrogen and oxygen atoms in total. The Morgan fingerprint density at radius 3 is 2.53 bits per heavy atom. The van der Waals surface area contributed by atoms with E-state index in [1.807, 2.05) is 6.07 Å². The number of anilines is 1. The lowest BCUT2D eigenvalue weighted by atomic mass is 10.2. The molecule has 10 heteroatoms. The van der Waals surface area contributed by atoms with E-state index < -0.39 is 11.9 Å². The maximum atomic E-state index is 12.0. The largest absolute Gasteiger partial charge is 0.462 e. The van der Waals surface area contributed by atoms with Crippen molar-refractivity contribution in [2.45, 2.75) is 63.2 Å². The standard InChI is InChI=1S/C26H39N5O4S/c27-22-13-17-31(26(33)30-22)23-20-36-25(35-23)19-34-24(32)12-6-2-7-14-28-15-8-3-9-16-29-18-21-10-4-1-5-11-21/h1,4-5,10-11,13,17,23,25,28-29H,2-3,6-9,12,14-16,18-20H2,(H2,27,30,33)/t23-,25+/m1/s1. The number of hydrogen-bond donors (Lipinski definition) is 3. The van der Waals surface area contributed by atoms with Crippen molar-refractivity contribution in [1.82, 2.24) is 20.2 Å². The summed E-state index contributed by atoms with van der Waals surface area (Å²) in [4.78, 5) is 27.7. The number of carbonyl (C=O) groups is 1. The van der Waals surface area contributed by atoms with Crippen molar-refractivity contribution in [3.8, 4) is 0 Å². The molecule has 198 valence electrons. The van der Waals surface area contributed by atoms with Gasteiger partial charge in [-0.15, -0.1) is 11.8 Å². The summed E-state index contributed by atoms with van der Waals surface area (Å²) < 4.78 is 12.6. The first-order valence-corrected chi connectivity index (χ1v) is 13.9. The fourth-order valence-electron chi connectivity index (χ4n) is 3.88. The Hall–Kier alpha value is -2.40. The van der Waals surface area contributed by atoms with Gasteiger partial charge in [0.15, 0.2) is 0 Å². The molecule has 0 unspecified atom stereocenters. The molecule has 1 aliphatic heterocycles. The van der Waals surface area contributed by atoms with Crippen LogP contribution in [0, 0.1) is 0 Å². The van der Waals surface area contributed by atoms with Gasteiger partial charge in [0, 0.05) is 24.9 Å². The number of benzene rings is 1. The molecule has 3 rings (SSSR count). The van der Waals surface area contributed by atoms with Gasteiger partial charge >= 0.3 is 11.7 Å². The van der Waals surface area contributed by atoms with Crippen LogP contribution in [0.25, 0.3) is 0 Å². The molecule has 0 bridgehead atoms. The average molecular weight is 518 g/mol. The molecule has 2 heterocycles. The molecule has 4 N–H and O–H groups in total. The van der Waals surface area contributed by atoms with Gasteiger partial charge in [0.1, 0.15) is 24.1 Å². The van der Waals surface area contributed by atoms with Crippen LogP contribution in [0.1, 0.15) is 56.7 Å². The fourth-order valence-corrected chi connectivity index (χ4v) is 4.87. The molecule has 1 fully saturated rings. The highest BCUT2D eigenvalue weighted by Crippen LogP contribution is 2.31. The highest BCUT2D eigenvalue weighted by molar-refractivity contribution is 8.00. The lowest BCUT2D eigenvalue weighted by Gasteiger charge is -2.14. The zero-order chi connectivity index (χ0) is 25.4. The van der Waals surface area contributed by atoms with E-state index in [-0.39, 0.29) is 23.8 Å². The van der Waals surface area contributed by atoms with E-state index in [1.54, 1.807) is 12.3 Å². The predicted octanol–water partition coefficient (Wildman–Crippen LogP) is 3.07. The molecule has 1 aromatic heterocycles. The third-order valence-electron chi connectivity index (χ3n) is 5.89. The van der Waals surface area contributed by atoms with Gasteiger partial charge in [-0.3, -0.25) is 9.36 Å². The number of nitrogens with zero attached hydrogens (tertiary/aromatic N) is 2.